The lowest BCUT2D eigenvalue weighted by molar-refractivity contribution is 0.0662. The average molecular weight is 300 g/mol. The molecule has 6 heteroatoms. The first kappa shape index (κ1) is 13.3. The lowest BCUT2D eigenvalue weighted by atomic mass is 10.0. The van der Waals surface area contributed by atoms with Crippen molar-refractivity contribution < 1.29 is 19.0 Å². The van der Waals surface area contributed by atoms with Crippen LogP contribution in [0.25, 0.3) is 11.1 Å². The molecule has 0 unspecified atom stereocenters. The molecule has 0 spiro atoms. The van der Waals surface area contributed by atoms with Crippen molar-refractivity contribution in [1.29, 1.82) is 0 Å². The highest BCUT2D eigenvalue weighted by Crippen LogP contribution is 2.38. The van der Waals surface area contributed by atoms with Gasteiger partial charge in [0.2, 0.25) is 6.79 Å². The van der Waals surface area contributed by atoms with Crippen molar-refractivity contribution in [3.05, 3.63) is 30.1 Å². The molecule has 3 heterocycles. The van der Waals surface area contributed by atoms with E-state index < -0.39 is 0 Å². The molecule has 0 aliphatic carbocycles. The zero-order valence-corrected chi connectivity index (χ0v) is 12.0. The van der Waals surface area contributed by atoms with Crippen LogP contribution >= 0.6 is 0 Å². The maximum absolute atomic E-state index is 11.4. The zero-order valence-electron chi connectivity index (χ0n) is 12.0. The van der Waals surface area contributed by atoms with E-state index in [0.717, 1.165) is 43.5 Å². The molecule has 0 bridgehead atoms. The second kappa shape index (κ2) is 5.46. The fourth-order valence-electron chi connectivity index (χ4n) is 2.93. The molecule has 4 rings (SSSR count). The highest BCUT2D eigenvalue weighted by molar-refractivity contribution is 5.89. The number of fused-ring (bicyclic) bond motifs is 1. The smallest absolute Gasteiger partial charge is 0.231 e. The Morgan fingerprint density at radius 3 is 2.73 bits per heavy atom. The molecule has 114 valence electrons. The summed E-state index contributed by atoms with van der Waals surface area (Å²) in [5.74, 6) is 1.28. The Balaban J connectivity index is 1.70. The maximum Gasteiger partial charge on any atom is 0.231 e. The quantitative estimate of drug-likeness (QED) is 0.815. The number of hydrogen-bond donors (Lipinski definition) is 0. The van der Waals surface area contributed by atoms with Crippen LogP contribution in [0.3, 0.4) is 0 Å². The third-order valence-corrected chi connectivity index (χ3v) is 4.15. The van der Waals surface area contributed by atoms with Gasteiger partial charge in [-0.15, -0.1) is 0 Å². The van der Waals surface area contributed by atoms with Gasteiger partial charge in [0.05, 0.1) is 12.2 Å². The van der Waals surface area contributed by atoms with Crippen molar-refractivity contribution in [3.63, 3.8) is 0 Å². The monoisotopic (exact) mass is 300 g/mol. The molecule has 2 aliphatic heterocycles. The van der Waals surface area contributed by atoms with Crippen LogP contribution in [0, 0.1) is 0 Å². The highest BCUT2D eigenvalue weighted by Gasteiger charge is 2.20. The van der Waals surface area contributed by atoms with Gasteiger partial charge in [0, 0.05) is 30.5 Å². The third kappa shape index (κ3) is 2.25. The van der Waals surface area contributed by atoms with Crippen LogP contribution in [0.15, 0.2) is 24.5 Å². The third-order valence-electron chi connectivity index (χ3n) is 4.15. The van der Waals surface area contributed by atoms with Gasteiger partial charge in [-0.2, -0.15) is 5.10 Å². The minimum Gasteiger partial charge on any atom is -0.454 e. The topological polar surface area (TPSA) is 62.6 Å². The molecule has 22 heavy (non-hydrogen) atoms. The standard InChI is InChI=1S/C16H16N2O4/c19-9-11-5-15-16(22-10-21-15)6-14(11)12-7-17-18(8-12)13-1-3-20-4-2-13/h5-9,13H,1-4,10H2. The summed E-state index contributed by atoms with van der Waals surface area (Å²) in [4.78, 5) is 11.4. The van der Waals surface area contributed by atoms with Crippen LogP contribution in [0.4, 0.5) is 0 Å². The summed E-state index contributed by atoms with van der Waals surface area (Å²) in [6.07, 6.45) is 6.54. The Hall–Kier alpha value is -2.34. The number of ether oxygens (including phenoxy) is 3. The minimum absolute atomic E-state index is 0.193. The van der Waals surface area contributed by atoms with Gasteiger partial charge in [-0.25, -0.2) is 0 Å². The lowest BCUT2D eigenvalue weighted by Crippen LogP contribution is -2.19. The van der Waals surface area contributed by atoms with Crippen LogP contribution in [0.5, 0.6) is 11.5 Å². The number of carbonyl (C=O) groups is 1. The molecule has 2 aliphatic rings. The number of carbonyl (C=O) groups excluding carboxylic acids is 1. The molecule has 0 atom stereocenters. The number of nitrogens with zero attached hydrogens (tertiary/aromatic N) is 2. The number of aldehydes is 1. The summed E-state index contributed by atoms with van der Waals surface area (Å²) >= 11 is 0. The fourth-order valence-corrected chi connectivity index (χ4v) is 2.93. The van der Waals surface area contributed by atoms with Gasteiger partial charge in [-0.3, -0.25) is 9.48 Å². The van der Waals surface area contributed by atoms with E-state index in [9.17, 15) is 4.79 Å². The predicted octanol–water partition coefficient (Wildman–Crippen LogP) is 2.44. The van der Waals surface area contributed by atoms with Crippen molar-refractivity contribution in [2.75, 3.05) is 20.0 Å². The Labute approximate surface area is 127 Å². The molecule has 1 aromatic carbocycles. The number of aromatic nitrogens is 2. The van der Waals surface area contributed by atoms with Gasteiger partial charge in [0.1, 0.15) is 0 Å². The molecule has 1 aromatic heterocycles. The van der Waals surface area contributed by atoms with Crippen molar-refractivity contribution in [1.82, 2.24) is 9.78 Å². The van der Waals surface area contributed by atoms with Gasteiger partial charge in [-0.1, -0.05) is 0 Å². The fraction of sp³-hybridized carbons (Fsp3) is 0.375. The molecular weight excluding hydrogens is 284 g/mol. The molecule has 1 fully saturated rings. The Kier molecular flexibility index (Phi) is 3.31. The van der Waals surface area contributed by atoms with Crippen LogP contribution in [0.2, 0.25) is 0 Å². The zero-order chi connectivity index (χ0) is 14.9. The SMILES string of the molecule is O=Cc1cc2c(cc1-c1cnn(C3CCOCC3)c1)OCO2. The molecule has 0 N–H and O–H groups in total. The Morgan fingerprint density at radius 1 is 1.18 bits per heavy atom. The molecule has 0 amide bonds. The Morgan fingerprint density at radius 2 is 1.95 bits per heavy atom. The van der Waals surface area contributed by atoms with Crippen molar-refractivity contribution in [3.8, 4) is 22.6 Å². The van der Waals surface area contributed by atoms with Crippen molar-refractivity contribution in [2.45, 2.75) is 18.9 Å². The van der Waals surface area contributed by atoms with Crippen LogP contribution in [-0.2, 0) is 4.74 Å². The summed E-state index contributed by atoms with van der Waals surface area (Å²) in [5, 5.41) is 4.46. The van der Waals surface area contributed by atoms with E-state index in [4.69, 9.17) is 14.2 Å². The van der Waals surface area contributed by atoms with E-state index in [2.05, 4.69) is 5.10 Å². The molecule has 0 saturated carbocycles. The van der Waals surface area contributed by atoms with Gasteiger partial charge < -0.3 is 14.2 Å². The van der Waals surface area contributed by atoms with Gasteiger partial charge in [0.15, 0.2) is 17.8 Å². The molecule has 1 saturated heterocycles. The normalized spacial score (nSPS) is 17.6. The molecule has 0 radical (unpaired) electrons. The van der Waals surface area contributed by atoms with E-state index in [-0.39, 0.29) is 6.79 Å². The molecule has 2 aromatic rings. The maximum atomic E-state index is 11.4. The second-order valence-corrected chi connectivity index (χ2v) is 5.46. The van der Waals surface area contributed by atoms with E-state index in [0.29, 0.717) is 23.1 Å². The minimum atomic E-state index is 0.193. The van der Waals surface area contributed by atoms with Gasteiger partial charge in [-0.05, 0) is 30.5 Å². The lowest BCUT2D eigenvalue weighted by Gasteiger charge is -2.22. The van der Waals surface area contributed by atoms with Crippen molar-refractivity contribution >= 4 is 6.29 Å². The first-order valence-corrected chi connectivity index (χ1v) is 7.36. The number of benzene rings is 1. The van der Waals surface area contributed by atoms with Crippen molar-refractivity contribution in [2.24, 2.45) is 0 Å². The first-order valence-electron chi connectivity index (χ1n) is 7.36. The first-order chi connectivity index (χ1) is 10.8. The highest BCUT2D eigenvalue weighted by atomic mass is 16.7. The largest absolute Gasteiger partial charge is 0.454 e. The predicted molar refractivity (Wildman–Crippen MR) is 78.3 cm³/mol. The average Bonchev–Trinajstić information content (AvgIpc) is 3.23. The van der Waals surface area contributed by atoms with Gasteiger partial charge >= 0.3 is 0 Å². The summed E-state index contributed by atoms with van der Waals surface area (Å²) in [5.41, 5.74) is 2.31. The molecular formula is C16H16N2O4. The van der Waals surface area contributed by atoms with E-state index in [1.165, 1.54) is 0 Å². The molecule has 6 nitrogen and oxygen atoms in total. The summed E-state index contributed by atoms with van der Waals surface area (Å²) in [6.45, 7) is 1.73. The van der Waals surface area contributed by atoms with E-state index >= 15 is 0 Å². The summed E-state index contributed by atoms with van der Waals surface area (Å²) in [7, 11) is 0. The van der Waals surface area contributed by atoms with Crippen LogP contribution < -0.4 is 9.47 Å². The van der Waals surface area contributed by atoms with Crippen LogP contribution in [-0.4, -0.2) is 36.1 Å². The number of rotatable bonds is 3. The second-order valence-electron chi connectivity index (χ2n) is 5.46. The summed E-state index contributed by atoms with van der Waals surface area (Å²) < 4.78 is 18.1. The summed E-state index contributed by atoms with van der Waals surface area (Å²) in [6, 6.07) is 3.92. The van der Waals surface area contributed by atoms with E-state index in [1.807, 2.05) is 16.9 Å². The van der Waals surface area contributed by atoms with E-state index in [1.54, 1.807) is 12.3 Å². The Bertz CT molecular complexity index is 704. The van der Waals surface area contributed by atoms with Crippen LogP contribution in [0.1, 0.15) is 29.2 Å². The number of hydrogen-bond acceptors (Lipinski definition) is 5. The van der Waals surface area contributed by atoms with Gasteiger partial charge in [0.25, 0.3) is 0 Å².